The van der Waals surface area contributed by atoms with E-state index in [2.05, 4.69) is 64.7 Å². The van der Waals surface area contributed by atoms with Gasteiger partial charge in [-0.25, -0.2) is 4.98 Å². The molecule has 6 nitrogen and oxygen atoms in total. The second kappa shape index (κ2) is 9.82. The maximum absolute atomic E-state index is 11.9. The summed E-state index contributed by atoms with van der Waals surface area (Å²) in [7, 11) is 0. The van der Waals surface area contributed by atoms with Crippen LogP contribution in [0.4, 0.5) is 0 Å². The number of imidazole rings is 1. The van der Waals surface area contributed by atoms with Crippen LogP contribution in [-0.2, 0) is 17.8 Å². The molecule has 2 fully saturated rings. The van der Waals surface area contributed by atoms with Crippen molar-refractivity contribution < 1.29 is 4.79 Å². The molecule has 2 unspecified atom stereocenters. The number of hydrogen-bond donors (Lipinski definition) is 1. The Balaban J connectivity index is 1.28. The lowest BCUT2D eigenvalue weighted by Gasteiger charge is -2.41. The monoisotopic (exact) mass is 463 g/mol. The number of aryl methyl sites for hydroxylation is 1. The van der Waals surface area contributed by atoms with E-state index >= 15 is 0 Å². The number of carbonyl (C=O) groups is 1. The minimum Gasteiger partial charge on any atom is -0.349 e. The molecule has 0 radical (unpaired) electrons. The number of nitrogens with one attached hydrogen (secondary N) is 1. The van der Waals surface area contributed by atoms with E-state index in [0.717, 1.165) is 32.5 Å². The largest absolute Gasteiger partial charge is 0.349 e. The average Bonchev–Trinajstić information content (AvgIpc) is 3.27. The first-order chi connectivity index (χ1) is 16.4. The molecule has 2 aromatic rings. The zero-order valence-corrected chi connectivity index (χ0v) is 21.3. The Labute approximate surface area is 204 Å². The quantitative estimate of drug-likeness (QED) is 0.662. The highest BCUT2D eigenvalue weighted by atomic mass is 16.1. The summed E-state index contributed by atoms with van der Waals surface area (Å²) in [6.07, 6.45) is 7.08. The molecule has 3 aliphatic rings. The predicted molar refractivity (Wildman–Crippen MR) is 136 cm³/mol. The smallest absolute Gasteiger partial charge is 0.217 e. The summed E-state index contributed by atoms with van der Waals surface area (Å²) in [5.41, 5.74) is 4.02. The second-order valence-corrected chi connectivity index (χ2v) is 10.9. The van der Waals surface area contributed by atoms with Gasteiger partial charge < -0.3 is 9.88 Å². The molecule has 2 bridgehead atoms. The van der Waals surface area contributed by atoms with Crippen molar-refractivity contribution in [3.63, 3.8) is 0 Å². The Hall–Kier alpha value is -2.18. The van der Waals surface area contributed by atoms with Crippen LogP contribution in [0, 0.1) is 6.92 Å². The normalized spacial score (nSPS) is 26.0. The summed E-state index contributed by atoms with van der Waals surface area (Å²) in [5.74, 6) is 1.26. The highest BCUT2D eigenvalue weighted by molar-refractivity contribution is 5.73. The zero-order valence-electron chi connectivity index (χ0n) is 21.3. The van der Waals surface area contributed by atoms with E-state index in [1.165, 1.54) is 48.5 Å². The predicted octanol–water partition coefficient (Wildman–Crippen LogP) is 4.39. The summed E-state index contributed by atoms with van der Waals surface area (Å²) < 4.78 is 2.62. The van der Waals surface area contributed by atoms with Crippen molar-refractivity contribution in [2.24, 2.45) is 0 Å². The summed E-state index contributed by atoms with van der Waals surface area (Å²) in [6.45, 7) is 11.7. The summed E-state index contributed by atoms with van der Waals surface area (Å²) >= 11 is 0. The van der Waals surface area contributed by atoms with Gasteiger partial charge in [0.1, 0.15) is 5.82 Å². The Morgan fingerprint density at radius 1 is 1.12 bits per heavy atom. The topological polar surface area (TPSA) is 53.4 Å². The van der Waals surface area contributed by atoms with Crippen LogP contribution in [0.2, 0.25) is 0 Å². The number of carbonyl (C=O) groups excluding carboxylic acids is 1. The molecule has 1 aromatic heterocycles. The number of piperidine rings is 1. The van der Waals surface area contributed by atoms with Crippen molar-refractivity contribution in [2.45, 2.75) is 103 Å². The fraction of sp³-hybridized carbons (Fsp3) is 0.643. The van der Waals surface area contributed by atoms with Crippen molar-refractivity contribution in [1.29, 1.82) is 0 Å². The molecule has 1 aromatic carbocycles. The number of amides is 1. The number of fused-ring (bicyclic) bond motifs is 3. The first kappa shape index (κ1) is 23.6. The van der Waals surface area contributed by atoms with E-state index in [-0.39, 0.29) is 11.9 Å². The summed E-state index contributed by atoms with van der Waals surface area (Å²) in [5, 5.41) is 3.19. The van der Waals surface area contributed by atoms with E-state index in [0.29, 0.717) is 24.2 Å². The van der Waals surface area contributed by atoms with E-state index < -0.39 is 0 Å². The van der Waals surface area contributed by atoms with E-state index in [4.69, 9.17) is 4.98 Å². The van der Waals surface area contributed by atoms with Gasteiger partial charge in [0.25, 0.3) is 0 Å². The zero-order chi connectivity index (χ0) is 23.8. The van der Waals surface area contributed by atoms with Gasteiger partial charge in [-0.3, -0.25) is 14.6 Å². The maximum atomic E-state index is 11.9. The molecule has 4 heterocycles. The van der Waals surface area contributed by atoms with Crippen molar-refractivity contribution in [2.75, 3.05) is 13.1 Å². The van der Waals surface area contributed by atoms with E-state index in [1.807, 2.05) is 6.07 Å². The van der Waals surface area contributed by atoms with Gasteiger partial charge in [-0.15, -0.1) is 0 Å². The SMILES string of the molecule is CC(=O)N[C@@H](CCN1C2CCC1CC(n1c(C)nc3c1CN(C(C)C)CC3)C2)c1ccccc1. The fourth-order valence-corrected chi connectivity index (χ4v) is 6.81. The summed E-state index contributed by atoms with van der Waals surface area (Å²) in [4.78, 5) is 22.2. The van der Waals surface area contributed by atoms with Crippen LogP contribution in [0.1, 0.15) is 87.7 Å². The van der Waals surface area contributed by atoms with Gasteiger partial charge in [0.15, 0.2) is 0 Å². The molecule has 0 saturated carbocycles. The number of benzene rings is 1. The van der Waals surface area contributed by atoms with Crippen LogP contribution in [0.15, 0.2) is 30.3 Å². The van der Waals surface area contributed by atoms with Gasteiger partial charge in [0, 0.05) is 57.1 Å². The number of rotatable bonds is 7. The standard InChI is InChI=1S/C28H41N5O/c1-19(2)31-14-12-27-28(18-31)33(20(3)29-27)25-16-23-10-11-24(17-25)32(23)15-13-26(30-21(4)34)22-8-6-5-7-9-22/h5-9,19,23-26H,10-18H2,1-4H3,(H,30,34)/t23?,24?,25?,26-/m0/s1. The minimum absolute atomic E-state index is 0.0475. The molecule has 0 aliphatic carbocycles. The molecule has 34 heavy (non-hydrogen) atoms. The highest BCUT2D eigenvalue weighted by Gasteiger charge is 2.42. The van der Waals surface area contributed by atoms with Crippen molar-refractivity contribution >= 4 is 5.91 Å². The Bertz CT molecular complexity index is 986. The molecule has 1 amide bonds. The fourth-order valence-electron chi connectivity index (χ4n) is 6.81. The first-order valence-electron chi connectivity index (χ1n) is 13.3. The highest BCUT2D eigenvalue weighted by Crippen LogP contribution is 2.43. The van der Waals surface area contributed by atoms with Crippen molar-refractivity contribution in [1.82, 2.24) is 24.7 Å². The molecule has 6 heteroatoms. The third-order valence-electron chi connectivity index (χ3n) is 8.47. The van der Waals surface area contributed by atoms with E-state index in [1.54, 1.807) is 6.92 Å². The molecular formula is C28H41N5O. The molecule has 0 spiro atoms. The second-order valence-electron chi connectivity index (χ2n) is 10.9. The van der Waals surface area contributed by atoms with Crippen LogP contribution in [0.5, 0.6) is 0 Å². The maximum Gasteiger partial charge on any atom is 0.217 e. The van der Waals surface area contributed by atoms with Gasteiger partial charge in [0.05, 0.1) is 17.4 Å². The molecule has 184 valence electrons. The lowest BCUT2D eigenvalue weighted by molar-refractivity contribution is -0.119. The van der Waals surface area contributed by atoms with Gasteiger partial charge in [-0.1, -0.05) is 30.3 Å². The third-order valence-corrected chi connectivity index (χ3v) is 8.47. The van der Waals surface area contributed by atoms with Crippen LogP contribution >= 0.6 is 0 Å². The molecule has 3 atom stereocenters. The van der Waals surface area contributed by atoms with Gasteiger partial charge in [0.2, 0.25) is 5.91 Å². The number of aromatic nitrogens is 2. The first-order valence-corrected chi connectivity index (χ1v) is 13.3. The average molecular weight is 464 g/mol. The number of nitrogens with zero attached hydrogens (tertiary/aromatic N) is 4. The number of hydrogen-bond acceptors (Lipinski definition) is 4. The minimum atomic E-state index is 0.0475. The molecule has 3 aliphatic heterocycles. The van der Waals surface area contributed by atoms with Crippen molar-refractivity contribution in [3.8, 4) is 0 Å². The van der Waals surface area contributed by atoms with Gasteiger partial charge >= 0.3 is 0 Å². The molecular weight excluding hydrogens is 422 g/mol. The van der Waals surface area contributed by atoms with Crippen LogP contribution in [-0.4, -0.2) is 56.5 Å². The van der Waals surface area contributed by atoms with Crippen molar-refractivity contribution in [3.05, 3.63) is 53.1 Å². The molecule has 5 rings (SSSR count). The molecule has 2 saturated heterocycles. The Morgan fingerprint density at radius 3 is 2.47 bits per heavy atom. The van der Waals surface area contributed by atoms with Crippen LogP contribution in [0.25, 0.3) is 0 Å². The summed E-state index contributed by atoms with van der Waals surface area (Å²) in [6, 6.07) is 12.9. The Morgan fingerprint density at radius 2 is 1.82 bits per heavy atom. The van der Waals surface area contributed by atoms with Gasteiger partial charge in [-0.05, 0) is 58.4 Å². The molecule has 1 N–H and O–H groups in total. The third kappa shape index (κ3) is 4.67. The van der Waals surface area contributed by atoms with Crippen LogP contribution < -0.4 is 5.32 Å². The lowest BCUT2D eigenvalue weighted by atomic mass is 9.95. The van der Waals surface area contributed by atoms with E-state index in [9.17, 15) is 4.79 Å². The lowest BCUT2D eigenvalue weighted by Crippen LogP contribution is -2.45. The van der Waals surface area contributed by atoms with Crippen LogP contribution in [0.3, 0.4) is 0 Å². The Kier molecular flexibility index (Phi) is 6.81. The van der Waals surface area contributed by atoms with Gasteiger partial charge in [-0.2, -0.15) is 0 Å².